The van der Waals surface area contributed by atoms with Crippen molar-refractivity contribution in [2.75, 3.05) is 26.2 Å². The number of halogens is 3. The van der Waals surface area contributed by atoms with E-state index in [1.807, 2.05) is 5.32 Å². The molecule has 1 atom stereocenters. The Bertz CT molecular complexity index is 239. The van der Waals surface area contributed by atoms with Crippen molar-refractivity contribution < 1.29 is 18.0 Å². The minimum atomic E-state index is -4.36. The predicted octanol–water partition coefficient (Wildman–Crippen LogP) is 0.942. The lowest BCUT2D eigenvalue weighted by molar-refractivity contribution is -0.123. The fourth-order valence-corrected chi connectivity index (χ4v) is 1.75. The van der Waals surface area contributed by atoms with Gasteiger partial charge in [0.25, 0.3) is 0 Å². The summed E-state index contributed by atoms with van der Waals surface area (Å²) in [5.74, 6) is 0. The Hall–Kier alpha value is -0.980. The standard InChI is InChI=1S/C9H16F3N3O/c1-2-15(7-3-4-13-5-7)8(16)14-6-9(10,11)12/h7,13H,2-6H2,1H3,(H,14,16). The van der Waals surface area contributed by atoms with Gasteiger partial charge in [0.15, 0.2) is 0 Å². The molecule has 1 aliphatic rings. The number of rotatable bonds is 3. The Labute approximate surface area is 92.2 Å². The zero-order valence-corrected chi connectivity index (χ0v) is 9.10. The fourth-order valence-electron chi connectivity index (χ4n) is 1.75. The SMILES string of the molecule is CCN(C(=O)NCC(F)(F)F)C1CCNC1. The second-order valence-electron chi connectivity index (χ2n) is 3.71. The first-order valence-electron chi connectivity index (χ1n) is 5.26. The lowest BCUT2D eigenvalue weighted by Crippen LogP contribution is -2.49. The van der Waals surface area contributed by atoms with E-state index in [0.717, 1.165) is 13.0 Å². The third kappa shape index (κ3) is 3.88. The summed E-state index contributed by atoms with van der Waals surface area (Å²) in [5, 5.41) is 4.96. The van der Waals surface area contributed by atoms with Crippen LogP contribution in [0.4, 0.5) is 18.0 Å². The molecule has 2 amide bonds. The average molecular weight is 239 g/mol. The molecule has 2 N–H and O–H groups in total. The topological polar surface area (TPSA) is 44.4 Å². The van der Waals surface area contributed by atoms with Crippen molar-refractivity contribution in [2.24, 2.45) is 0 Å². The quantitative estimate of drug-likeness (QED) is 0.770. The number of hydrogen-bond acceptors (Lipinski definition) is 2. The van der Waals surface area contributed by atoms with Crippen LogP contribution in [0.15, 0.2) is 0 Å². The van der Waals surface area contributed by atoms with Crippen LogP contribution < -0.4 is 10.6 Å². The Morgan fingerprint density at radius 3 is 2.69 bits per heavy atom. The molecule has 0 aromatic carbocycles. The van der Waals surface area contributed by atoms with Gasteiger partial charge in [0.05, 0.1) is 0 Å². The Balaban J connectivity index is 2.43. The molecular formula is C9H16F3N3O. The van der Waals surface area contributed by atoms with E-state index in [-0.39, 0.29) is 6.04 Å². The zero-order valence-electron chi connectivity index (χ0n) is 9.10. The van der Waals surface area contributed by atoms with Crippen LogP contribution in [0.5, 0.6) is 0 Å². The minimum Gasteiger partial charge on any atom is -0.329 e. The van der Waals surface area contributed by atoms with Crippen molar-refractivity contribution >= 4 is 6.03 Å². The number of hydrogen-bond donors (Lipinski definition) is 2. The molecule has 1 saturated heterocycles. The van der Waals surface area contributed by atoms with E-state index in [1.165, 1.54) is 4.90 Å². The molecule has 1 fully saturated rings. The normalized spacial score (nSPS) is 20.9. The van der Waals surface area contributed by atoms with Crippen LogP contribution in [0.2, 0.25) is 0 Å². The van der Waals surface area contributed by atoms with Gasteiger partial charge in [0.1, 0.15) is 6.54 Å². The van der Waals surface area contributed by atoms with Crippen molar-refractivity contribution in [3.8, 4) is 0 Å². The van der Waals surface area contributed by atoms with Crippen LogP contribution in [0, 0.1) is 0 Å². The van der Waals surface area contributed by atoms with Crippen LogP contribution >= 0.6 is 0 Å². The molecule has 0 aliphatic carbocycles. The van der Waals surface area contributed by atoms with Gasteiger partial charge >= 0.3 is 12.2 Å². The van der Waals surface area contributed by atoms with Crippen molar-refractivity contribution in [1.82, 2.24) is 15.5 Å². The van der Waals surface area contributed by atoms with Crippen molar-refractivity contribution in [3.63, 3.8) is 0 Å². The minimum absolute atomic E-state index is 0.00164. The van der Waals surface area contributed by atoms with Gasteiger partial charge in [-0.05, 0) is 19.9 Å². The smallest absolute Gasteiger partial charge is 0.329 e. The summed E-state index contributed by atoms with van der Waals surface area (Å²) in [5.41, 5.74) is 0. The van der Waals surface area contributed by atoms with Crippen LogP contribution in [0.3, 0.4) is 0 Å². The van der Waals surface area contributed by atoms with Crippen LogP contribution in [-0.4, -0.2) is 49.3 Å². The number of amides is 2. The maximum absolute atomic E-state index is 11.9. The first-order valence-corrected chi connectivity index (χ1v) is 5.26. The molecular weight excluding hydrogens is 223 g/mol. The van der Waals surface area contributed by atoms with E-state index in [9.17, 15) is 18.0 Å². The van der Waals surface area contributed by atoms with Gasteiger partial charge in [-0.15, -0.1) is 0 Å². The van der Waals surface area contributed by atoms with Gasteiger partial charge < -0.3 is 15.5 Å². The Kier molecular flexibility index (Phi) is 4.40. The third-order valence-electron chi connectivity index (χ3n) is 2.52. The number of urea groups is 1. The summed E-state index contributed by atoms with van der Waals surface area (Å²) in [6.07, 6.45) is -3.57. The highest BCUT2D eigenvalue weighted by molar-refractivity contribution is 5.74. The highest BCUT2D eigenvalue weighted by Gasteiger charge is 2.30. The maximum atomic E-state index is 11.9. The summed E-state index contributed by atoms with van der Waals surface area (Å²) in [4.78, 5) is 12.9. The van der Waals surface area contributed by atoms with E-state index >= 15 is 0 Å². The molecule has 1 rings (SSSR count). The Morgan fingerprint density at radius 1 is 1.56 bits per heavy atom. The largest absolute Gasteiger partial charge is 0.405 e. The van der Waals surface area contributed by atoms with E-state index in [4.69, 9.17) is 0 Å². The summed E-state index contributed by atoms with van der Waals surface area (Å²) >= 11 is 0. The number of carbonyl (C=O) groups is 1. The fraction of sp³-hybridized carbons (Fsp3) is 0.889. The highest BCUT2D eigenvalue weighted by atomic mass is 19.4. The third-order valence-corrected chi connectivity index (χ3v) is 2.52. The molecule has 0 saturated carbocycles. The van der Waals surface area contributed by atoms with Crippen LogP contribution in [0.1, 0.15) is 13.3 Å². The van der Waals surface area contributed by atoms with Gasteiger partial charge in [-0.2, -0.15) is 13.2 Å². The lowest BCUT2D eigenvalue weighted by Gasteiger charge is -2.27. The number of nitrogens with zero attached hydrogens (tertiary/aromatic N) is 1. The molecule has 0 aromatic heterocycles. The van der Waals surface area contributed by atoms with E-state index in [0.29, 0.717) is 13.1 Å². The molecule has 1 heterocycles. The van der Waals surface area contributed by atoms with Crippen LogP contribution in [0.25, 0.3) is 0 Å². The number of alkyl halides is 3. The number of nitrogens with one attached hydrogen (secondary N) is 2. The highest BCUT2D eigenvalue weighted by Crippen LogP contribution is 2.13. The van der Waals surface area contributed by atoms with Gasteiger partial charge in [-0.3, -0.25) is 0 Å². The van der Waals surface area contributed by atoms with Gasteiger partial charge in [-0.1, -0.05) is 0 Å². The molecule has 1 unspecified atom stereocenters. The van der Waals surface area contributed by atoms with Crippen molar-refractivity contribution in [1.29, 1.82) is 0 Å². The first-order chi connectivity index (χ1) is 7.44. The number of carbonyl (C=O) groups excluding carboxylic acids is 1. The van der Waals surface area contributed by atoms with E-state index in [2.05, 4.69) is 5.32 Å². The average Bonchev–Trinajstić information content (AvgIpc) is 2.68. The van der Waals surface area contributed by atoms with E-state index < -0.39 is 18.8 Å². The molecule has 4 nitrogen and oxygen atoms in total. The second-order valence-corrected chi connectivity index (χ2v) is 3.71. The van der Waals surface area contributed by atoms with Gasteiger partial charge in [0, 0.05) is 19.1 Å². The molecule has 0 radical (unpaired) electrons. The van der Waals surface area contributed by atoms with Crippen molar-refractivity contribution in [2.45, 2.75) is 25.6 Å². The summed E-state index contributed by atoms with van der Waals surface area (Å²) in [7, 11) is 0. The molecule has 7 heteroatoms. The van der Waals surface area contributed by atoms with E-state index in [1.54, 1.807) is 6.92 Å². The van der Waals surface area contributed by atoms with Crippen LogP contribution in [-0.2, 0) is 0 Å². The second kappa shape index (κ2) is 5.38. The predicted molar refractivity (Wildman–Crippen MR) is 53.1 cm³/mol. The lowest BCUT2D eigenvalue weighted by atomic mass is 10.2. The first kappa shape index (κ1) is 13.1. The Morgan fingerprint density at radius 2 is 2.25 bits per heavy atom. The summed E-state index contributed by atoms with van der Waals surface area (Å²) in [6.45, 7) is 2.34. The molecule has 0 aromatic rings. The summed E-state index contributed by atoms with van der Waals surface area (Å²) in [6, 6.07) is -0.647. The molecule has 16 heavy (non-hydrogen) atoms. The zero-order chi connectivity index (χ0) is 12.2. The van der Waals surface area contributed by atoms with Crippen molar-refractivity contribution in [3.05, 3.63) is 0 Å². The molecule has 1 aliphatic heterocycles. The number of likely N-dealkylation sites (N-methyl/N-ethyl adjacent to an activating group) is 1. The van der Waals surface area contributed by atoms with Gasteiger partial charge in [-0.25, -0.2) is 4.79 Å². The van der Waals surface area contributed by atoms with Gasteiger partial charge in [0.2, 0.25) is 0 Å². The summed E-state index contributed by atoms with van der Waals surface area (Å²) < 4.78 is 35.7. The maximum Gasteiger partial charge on any atom is 0.405 e. The molecule has 94 valence electrons. The molecule has 0 spiro atoms. The molecule has 0 bridgehead atoms. The monoisotopic (exact) mass is 239 g/mol.